The Labute approximate surface area is 141 Å². The topological polar surface area (TPSA) is 61.2 Å². The number of pyridine rings is 1. The quantitative estimate of drug-likeness (QED) is 0.849. The first-order valence-electron chi connectivity index (χ1n) is 8.07. The summed E-state index contributed by atoms with van der Waals surface area (Å²) in [6.07, 6.45) is 1.95. The lowest BCUT2D eigenvalue weighted by atomic mass is 10.1. The maximum atomic E-state index is 6.32. The summed E-state index contributed by atoms with van der Waals surface area (Å²) in [4.78, 5) is 9.05. The molecule has 23 heavy (non-hydrogen) atoms. The van der Waals surface area contributed by atoms with E-state index in [0.29, 0.717) is 24.4 Å². The number of nitrogens with one attached hydrogen (secondary N) is 1. The predicted octanol–water partition coefficient (Wildman–Crippen LogP) is 2.96. The lowest BCUT2D eigenvalue weighted by Gasteiger charge is -2.26. The van der Waals surface area contributed by atoms with Gasteiger partial charge >= 0.3 is 0 Å². The van der Waals surface area contributed by atoms with Gasteiger partial charge in [0.15, 0.2) is 11.0 Å². The minimum Gasteiger partial charge on any atom is -0.381 e. The molecule has 3 heterocycles. The Kier molecular flexibility index (Phi) is 5.04. The van der Waals surface area contributed by atoms with Crippen LogP contribution >= 0.6 is 11.6 Å². The number of hydrogen-bond acceptors (Lipinski definition) is 5. The summed E-state index contributed by atoms with van der Waals surface area (Å²) in [6, 6.07) is 0.355. The molecule has 1 saturated heterocycles. The number of nitrogens with zero attached hydrogens (tertiary/aromatic N) is 3. The van der Waals surface area contributed by atoms with Crippen LogP contribution in [0.3, 0.4) is 0 Å². The average Bonchev–Trinajstić information content (AvgIpc) is 2.91. The summed E-state index contributed by atoms with van der Waals surface area (Å²) in [7, 11) is 0. The third kappa shape index (κ3) is 3.29. The molecule has 6 nitrogen and oxygen atoms in total. The first kappa shape index (κ1) is 16.5. The summed E-state index contributed by atoms with van der Waals surface area (Å²) >= 11 is 6.32. The molecule has 126 valence electrons. The fourth-order valence-electron chi connectivity index (χ4n) is 2.85. The van der Waals surface area contributed by atoms with Crippen LogP contribution in [0.4, 0.5) is 0 Å². The molecule has 0 unspecified atom stereocenters. The highest BCUT2D eigenvalue weighted by molar-refractivity contribution is 6.33. The van der Waals surface area contributed by atoms with Crippen LogP contribution in [0.2, 0.25) is 5.15 Å². The van der Waals surface area contributed by atoms with Crippen LogP contribution in [0.25, 0.3) is 11.0 Å². The van der Waals surface area contributed by atoms with Gasteiger partial charge in [0.1, 0.15) is 12.1 Å². The molecule has 3 rings (SSSR count). The number of aryl methyl sites for hydroxylation is 2. The van der Waals surface area contributed by atoms with Gasteiger partial charge in [0.25, 0.3) is 0 Å². The zero-order valence-electron chi connectivity index (χ0n) is 13.9. The van der Waals surface area contributed by atoms with Crippen molar-refractivity contribution < 1.29 is 9.47 Å². The highest BCUT2D eigenvalue weighted by Crippen LogP contribution is 2.27. The molecular weight excluding hydrogens is 316 g/mol. The van der Waals surface area contributed by atoms with Gasteiger partial charge in [0, 0.05) is 31.6 Å². The van der Waals surface area contributed by atoms with Crippen LogP contribution in [-0.4, -0.2) is 40.5 Å². The molecule has 0 bridgehead atoms. The molecule has 0 saturated carbocycles. The molecule has 7 heteroatoms. The minimum absolute atomic E-state index is 0.355. The van der Waals surface area contributed by atoms with Crippen molar-refractivity contribution in [1.82, 2.24) is 14.6 Å². The van der Waals surface area contributed by atoms with Crippen LogP contribution in [0.15, 0.2) is 0 Å². The first-order chi connectivity index (χ1) is 11.1. The van der Waals surface area contributed by atoms with Crippen molar-refractivity contribution in [1.29, 1.82) is 0 Å². The van der Waals surface area contributed by atoms with Gasteiger partial charge in [-0.05, 0) is 39.2 Å². The third-order valence-electron chi connectivity index (χ3n) is 4.27. The van der Waals surface area contributed by atoms with Crippen LogP contribution in [0, 0.1) is 13.8 Å². The normalized spacial score (nSPS) is 16.2. The van der Waals surface area contributed by atoms with E-state index in [4.69, 9.17) is 21.1 Å². The number of imidazole rings is 1. The maximum Gasteiger partial charge on any atom is 0.157 e. The van der Waals surface area contributed by atoms with Crippen molar-refractivity contribution in [2.75, 3.05) is 25.2 Å². The van der Waals surface area contributed by atoms with Gasteiger partial charge in [-0.1, -0.05) is 11.6 Å². The number of halogens is 1. The highest BCUT2D eigenvalue weighted by atomic mass is 35.5. The molecule has 0 spiro atoms. The monoisotopic (exact) mass is 338 g/mol. The lowest BCUT2D eigenvalue weighted by Crippen LogP contribution is -2.34. The number of rotatable bonds is 5. The second-order valence-electron chi connectivity index (χ2n) is 5.83. The summed E-state index contributed by atoms with van der Waals surface area (Å²) in [6.45, 7) is 8.64. The molecule has 0 aromatic carbocycles. The van der Waals surface area contributed by atoms with Crippen molar-refractivity contribution in [3.8, 4) is 0 Å². The number of hydrogen-bond donors (Lipinski definition) is 1. The predicted molar refractivity (Wildman–Crippen MR) is 90.5 cm³/mol. The smallest absolute Gasteiger partial charge is 0.157 e. The lowest BCUT2D eigenvalue weighted by molar-refractivity contribution is 0.0873. The fraction of sp³-hybridized carbons (Fsp3) is 0.625. The summed E-state index contributed by atoms with van der Waals surface area (Å²) in [5, 5.41) is 0.438. The van der Waals surface area contributed by atoms with E-state index in [1.807, 2.05) is 18.5 Å². The van der Waals surface area contributed by atoms with Gasteiger partial charge < -0.3 is 14.9 Å². The number of ether oxygens (including phenoxy) is 2. The second kappa shape index (κ2) is 7.03. The second-order valence-corrected chi connectivity index (χ2v) is 6.18. The van der Waals surface area contributed by atoms with Gasteiger partial charge in [0.2, 0.25) is 0 Å². The summed E-state index contributed by atoms with van der Waals surface area (Å²) < 4.78 is 13.1. The zero-order chi connectivity index (χ0) is 16.4. The van der Waals surface area contributed by atoms with Crippen molar-refractivity contribution in [3.63, 3.8) is 0 Å². The highest BCUT2D eigenvalue weighted by Gasteiger charge is 2.21. The van der Waals surface area contributed by atoms with Gasteiger partial charge in [0.05, 0.1) is 5.52 Å². The molecule has 1 fully saturated rings. The van der Waals surface area contributed by atoms with Gasteiger partial charge in [-0.3, -0.25) is 0 Å². The van der Waals surface area contributed by atoms with Gasteiger partial charge in [-0.15, -0.1) is 0 Å². The number of fused-ring (bicyclic) bond motifs is 1. The molecule has 0 radical (unpaired) electrons. The van der Waals surface area contributed by atoms with Crippen molar-refractivity contribution in [3.05, 3.63) is 22.2 Å². The molecule has 1 aliphatic rings. The largest absolute Gasteiger partial charge is 0.381 e. The summed E-state index contributed by atoms with van der Waals surface area (Å²) in [5.41, 5.74) is 7.30. The molecular formula is C16H23ClN4O2. The Balaban J connectivity index is 2.06. The van der Waals surface area contributed by atoms with E-state index in [1.54, 1.807) is 0 Å². The van der Waals surface area contributed by atoms with Crippen molar-refractivity contribution in [2.24, 2.45) is 0 Å². The molecule has 1 aliphatic heterocycles. The van der Waals surface area contributed by atoms with E-state index in [9.17, 15) is 0 Å². The SMILES string of the molecule is CCOCc1nc2c(Cl)nc(C)c(C)c2n1NC1CCOCC1. The van der Waals surface area contributed by atoms with Crippen LogP contribution in [-0.2, 0) is 16.1 Å². The van der Waals surface area contributed by atoms with E-state index >= 15 is 0 Å². The van der Waals surface area contributed by atoms with Gasteiger partial charge in [-0.2, -0.15) is 0 Å². The minimum atomic E-state index is 0.355. The van der Waals surface area contributed by atoms with Crippen molar-refractivity contribution >= 4 is 22.6 Å². The van der Waals surface area contributed by atoms with E-state index in [1.165, 1.54) is 0 Å². The summed E-state index contributed by atoms with van der Waals surface area (Å²) in [5.74, 6) is 0.825. The van der Waals surface area contributed by atoms with Crippen LogP contribution in [0.1, 0.15) is 36.8 Å². The third-order valence-corrected chi connectivity index (χ3v) is 4.54. The van der Waals surface area contributed by atoms with E-state index < -0.39 is 0 Å². The van der Waals surface area contributed by atoms with Crippen LogP contribution < -0.4 is 5.43 Å². The number of aromatic nitrogens is 3. The van der Waals surface area contributed by atoms with E-state index in [2.05, 4.69) is 22.3 Å². The Morgan fingerprint density at radius 1 is 1.30 bits per heavy atom. The Bertz CT molecular complexity index is 695. The van der Waals surface area contributed by atoms with Gasteiger partial charge in [-0.25, -0.2) is 14.6 Å². The molecule has 2 aromatic rings. The zero-order valence-corrected chi connectivity index (χ0v) is 14.6. The Morgan fingerprint density at radius 2 is 2.04 bits per heavy atom. The first-order valence-corrected chi connectivity index (χ1v) is 8.45. The molecule has 1 N–H and O–H groups in total. The Morgan fingerprint density at radius 3 is 2.74 bits per heavy atom. The van der Waals surface area contributed by atoms with E-state index in [0.717, 1.165) is 54.2 Å². The van der Waals surface area contributed by atoms with Crippen molar-refractivity contribution in [2.45, 2.75) is 46.3 Å². The molecule has 0 amide bonds. The van der Waals surface area contributed by atoms with E-state index in [-0.39, 0.29) is 0 Å². The average molecular weight is 339 g/mol. The molecule has 0 aliphatic carbocycles. The molecule has 2 aromatic heterocycles. The standard InChI is InChI=1S/C16H23ClN4O2/c1-4-22-9-13-19-14-15(10(2)11(3)18-16(14)17)21(13)20-12-5-7-23-8-6-12/h12,20H,4-9H2,1-3H3. The maximum absolute atomic E-state index is 6.32. The Hall–Kier alpha value is -1.37. The van der Waals surface area contributed by atoms with Crippen LogP contribution in [0.5, 0.6) is 0 Å². The molecule has 0 atom stereocenters. The fourth-order valence-corrected chi connectivity index (χ4v) is 3.11.